The van der Waals surface area contributed by atoms with Crippen molar-refractivity contribution in [3.05, 3.63) is 59.2 Å². The molecule has 0 bridgehead atoms. The van der Waals surface area contributed by atoms with Crippen LogP contribution in [0.4, 0.5) is 0 Å². The van der Waals surface area contributed by atoms with Crippen LogP contribution in [0.3, 0.4) is 0 Å². The van der Waals surface area contributed by atoms with Gasteiger partial charge in [0, 0.05) is 11.1 Å². The van der Waals surface area contributed by atoms with E-state index in [0.717, 1.165) is 4.90 Å². The third-order valence-corrected chi connectivity index (χ3v) is 5.86. The summed E-state index contributed by atoms with van der Waals surface area (Å²) in [4.78, 5) is 25.6. The summed E-state index contributed by atoms with van der Waals surface area (Å²) in [6.45, 7) is 0.869. The molecule has 7 heteroatoms. The highest BCUT2D eigenvalue weighted by Gasteiger charge is 2.35. The number of nitrogens with one attached hydrogen (secondary N) is 1. The van der Waals surface area contributed by atoms with Crippen molar-refractivity contribution in [2.75, 3.05) is 27.2 Å². The molecule has 25 heavy (non-hydrogen) atoms. The van der Waals surface area contributed by atoms with Gasteiger partial charge in [-0.15, -0.1) is 0 Å². The van der Waals surface area contributed by atoms with E-state index in [4.69, 9.17) is 4.74 Å². The highest BCUT2D eigenvalue weighted by Crippen LogP contribution is 2.34. The second kappa shape index (κ2) is 6.42. The lowest BCUT2D eigenvalue weighted by Gasteiger charge is -2.19. The molecule has 0 saturated heterocycles. The van der Waals surface area contributed by atoms with Gasteiger partial charge in [0.05, 0.1) is 29.4 Å². The van der Waals surface area contributed by atoms with Crippen LogP contribution < -0.4 is 4.90 Å². The predicted molar refractivity (Wildman–Crippen MR) is 89.7 cm³/mol. The van der Waals surface area contributed by atoms with Crippen LogP contribution in [-0.4, -0.2) is 47.4 Å². The monoisotopic (exact) mass is 360 g/mol. The Morgan fingerprint density at radius 1 is 1.04 bits per heavy atom. The molecular formula is C18H18NO5S+. The normalized spacial score (nSPS) is 14.8. The number of ketones is 1. The van der Waals surface area contributed by atoms with E-state index >= 15 is 0 Å². The van der Waals surface area contributed by atoms with Gasteiger partial charge in [0.15, 0.2) is 5.78 Å². The van der Waals surface area contributed by atoms with Crippen LogP contribution in [0, 0.1) is 0 Å². The van der Waals surface area contributed by atoms with Crippen molar-refractivity contribution in [3.8, 4) is 0 Å². The lowest BCUT2D eigenvalue weighted by molar-refractivity contribution is -0.858. The molecule has 1 N–H and O–H groups in total. The largest absolute Gasteiger partial charge is 0.456 e. The van der Waals surface area contributed by atoms with Crippen LogP contribution in [0.2, 0.25) is 0 Å². The molecule has 0 radical (unpaired) electrons. The van der Waals surface area contributed by atoms with Crippen molar-refractivity contribution in [3.63, 3.8) is 0 Å². The van der Waals surface area contributed by atoms with Crippen LogP contribution in [0.1, 0.15) is 26.3 Å². The van der Waals surface area contributed by atoms with E-state index in [-0.39, 0.29) is 38.9 Å². The summed E-state index contributed by atoms with van der Waals surface area (Å²) in [5.41, 5.74) is 0.343. The standard InChI is InChI=1S/C18H17NO5S/c1-19(2)9-10-24-18(21)12-7-8-14-16(11-12)25(22,23)15-6-4-3-5-13(15)17(14)20/h3-8,11H,9-10H2,1-2H3/p+1. The fourth-order valence-electron chi connectivity index (χ4n) is 2.64. The Balaban J connectivity index is 1.99. The molecule has 2 aromatic rings. The SMILES string of the molecule is C[NH+](C)CCOC(=O)c1ccc2c(c1)S(=O)(=O)c1ccccc1C2=O. The zero-order chi connectivity index (χ0) is 18.2. The molecule has 3 rings (SSSR count). The Kier molecular flexibility index (Phi) is 4.45. The molecular weight excluding hydrogens is 342 g/mol. The van der Waals surface area contributed by atoms with Crippen molar-refractivity contribution in [2.45, 2.75) is 9.79 Å². The van der Waals surface area contributed by atoms with Gasteiger partial charge >= 0.3 is 5.97 Å². The number of hydrogen-bond acceptors (Lipinski definition) is 5. The first kappa shape index (κ1) is 17.3. The van der Waals surface area contributed by atoms with Gasteiger partial charge in [-0.25, -0.2) is 13.2 Å². The number of likely N-dealkylation sites (N-methyl/N-ethyl adjacent to an activating group) is 1. The number of quaternary nitrogens is 1. The average molecular weight is 360 g/mol. The summed E-state index contributed by atoms with van der Waals surface area (Å²) in [5, 5.41) is 0. The Bertz CT molecular complexity index is 963. The first-order valence-electron chi connectivity index (χ1n) is 7.81. The van der Waals surface area contributed by atoms with Crippen LogP contribution in [0.5, 0.6) is 0 Å². The summed E-state index contributed by atoms with van der Waals surface area (Å²) in [6, 6.07) is 10.1. The molecule has 2 aromatic carbocycles. The van der Waals surface area contributed by atoms with Gasteiger partial charge < -0.3 is 9.64 Å². The molecule has 0 atom stereocenters. The zero-order valence-electron chi connectivity index (χ0n) is 13.9. The molecule has 130 valence electrons. The van der Waals surface area contributed by atoms with Gasteiger partial charge in [0.2, 0.25) is 9.84 Å². The van der Waals surface area contributed by atoms with Gasteiger partial charge in [-0.1, -0.05) is 12.1 Å². The minimum atomic E-state index is -3.86. The number of fused-ring (bicyclic) bond motifs is 2. The fraction of sp³-hybridized carbons (Fsp3) is 0.222. The van der Waals surface area contributed by atoms with Crippen molar-refractivity contribution >= 4 is 21.6 Å². The van der Waals surface area contributed by atoms with Gasteiger partial charge in [-0.05, 0) is 30.3 Å². The van der Waals surface area contributed by atoms with Gasteiger partial charge in [-0.3, -0.25) is 4.79 Å². The number of benzene rings is 2. The first-order chi connectivity index (χ1) is 11.8. The second-order valence-electron chi connectivity index (χ2n) is 6.13. The lowest BCUT2D eigenvalue weighted by Crippen LogP contribution is -3.06. The topological polar surface area (TPSA) is 81.9 Å². The predicted octanol–water partition coefficient (Wildman–Crippen LogP) is 0.365. The van der Waals surface area contributed by atoms with E-state index in [1.807, 2.05) is 14.1 Å². The van der Waals surface area contributed by atoms with Crippen LogP contribution in [0.25, 0.3) is 0 Å². The van der Waals surface area contributed by atoms with Crippen LogP contribution >= 0.6 is 0 Å². The van der Waals surface area contributed by atoms with Crippen molar-refractivity contribution in [1.82, 2.24) is 0 Å². The van der Waals surface area contributed by atoms with Gasteiger partial charge in [-0.2, -0.15) is 0 Å². The highest BCUT2D eigenvalue weighted by atomic mass is 32.2. The maximum Gasteiger partial charge on any atom is 0.338 e. The Labute approximate surface area is 145 Å². The van der Waals surface area contributed by atoms with Gasteiger partial charge in [0.1, 0.15) is 13.2 Å². The maximum absolute atomic E-state index is 12.8. The molecule has 0 spiro atoms. The quantitative estimate of drug-likeness (QED) is 0.680. The van der Waals surface area contributed by atoms with Crippen molar-refractivity contribution in [1.29, 1.82) is 0 Å². The van der Waals surface area contributed by atoms with Crippen LogP contribution in [0.15, 0.2) is 52.3 Å². The summed E-state index contributed by atoms with van der Waals surface area (Å²) in [5.74, 6) is -0.970. The molecule has 0 aromatic heterocycles. The molecule has 0 aliphatic carbocycles. The Morgan fingerprint density at radius 2 is 1.72 bits per heavy atom. The van der Waals surface area contributed by atoms with E-state index in [0.29, 0.717) is 6.54 Å². The molecule has 0 fully saturated rings. The minimum Gasteiger partial charge on any atom is -0.456 e. The minimum absolute atomic E-state index is 0.0331. The summed E-state index contributed by atoms with van der Waals surface area (Å²) in [7, 11) is 0.00883. The summed E-state index contributed by atoms with van der Waals surface area (Å²) < 4.78 is 30.8. The number of rotatable bonds is 4. The number of hydrogen-bond donors (Lipinski definition) is 1. The number of carbonyl (C=O) groups is 2. The Hall–Kier alpha value is -2.51. The summed E-state index contributed by atoms with van der Waals surface area (Å²) >= 11 is 0. The highest BCUT2D eigenvalue weighted by molar-refractivity contribution is 7.91. The van der Waals surface area contributed by atoms with Crippen LogP contribution in [-0.2, 0) is 14.6 Å². The van der Waals surface area contributed by atoms with Crippen molar-refractivity contribution < 1.29 is 27.6 Å². The second-order valence-corrected chi connectivity index (χ2v) is 8.02. The van der Waals surface area contributed by atoms with E-state index in [2.05, 4.69) is 0 Å². The third-order valence-electron chi connectivity index (χ3n) is 4.01. The van der Waals surface area contributed by atoms with E-state index < -0.39 is 15.8 Å². The Morgan fingerprint density at radius 3 is 2.44 bits per heavy atom. The molecule has 6 nitrogen and oxygen atoms in total. The number of carbonyl (C=O) groups excluding carboxylic acids is 2. The van der Waals surface area contributed by atoms with Crippen molar-refractivity contribution in [2.24, 2.45) is 0 Å². The van der Waals surface area contributed by atoms with E-state index in [1.54, 1.807) is 12.1 Å². The molecule has 1 aliphatic rings. The third kappa shape index (κ3) is 3.08. The van der Waals surface area contributed by atoms with Gasteiger partial charge in [0.25, 0.3) is 0 Å². The molecule has 0 amide bonds. The number of sulfone groups is 1. The van der Waals surface area contributed by atoms with E-state index in [9.17, 15) is 18.0 Å². The molecule has 1 aliphatic heterocycles. The fourth-order valence-corrected chi connectivity index (χ4v) is 4.32. The maximum atomic E-state index is 12.8. The first-order valence-corrected chi connectivity index (χ1v) is 9.29. The smallest absolute Gasteiger partial charge is 0.338 e. The summed E-state index contributed by atoms with van der Waals surface area (Å²) in [6.07, 6.45) is 0. The molecule has 0 unspecified atom stereocenters. The molecule has 0 saturated carbocycles. The molecule has 1 heterocycles. The lowest BCUT2D eigenvalue weighted by atomic mass is 10.0. The number of esters is 1. The van der Waals surface area contributed by atoms with E-state index in [1.165, 1.54) is 30.3 Å². The number of ether oxygens (including phenoxy) is 1. The average Bonchev–Trinajstić information content (AvgIpc) is 2.59. The zero-order valence-corrected chi connectivity index (χ0v) is 14.7.